The predicted octanol–water partition coefficient (Wildman–Crippen LogP) is 2.10. The number of thioether (sulfide) groups is 1. The second-order valence-electron chi connectivity index (χ2n) is 5.58. The third-order valence-corrected chi connectivity index (χ3v) is 5.05. The Bertz CT molecular complexity index is 724. The number of rotatable bonds is 5. The summed E-state index contributed by atoms with van der Waals surface area (Å²) in [4.78, 5) is 28.1. The molecule has 1 heterocycles. The maximum atomic E-state index is 11.9. The molecule has 0 atom stereocenters. The number of carbonyl (C=O) groups is 2. The first-order chi connectivity index (χ1) is 11.2. The van der Waals surface area contributed by atoms with E-state index in [9.17, 15) is 9.59 Å². The van der Waals surface area contributed by atoms with Crippen molar-refractivity contribution in [2.45, 2.75) is 37.9 Å². The first-order valence-electron chi connectivity index (χ1n) is 7.85. The third kappa shape index (κ3) is 3.50. The number of hydrazine groups is 1. The van der Waals surface area contributed by atoms with Crippen molar-refractivity contribution in [1.29, 1.82) is 0 Å². The molecule has 0 bridgehead atoms. The van der Waals surface area contributed by atoms with Crippen LogP contribution >= 0.6 is 11.8 Å². The maximum absolute atomic E-state index is 11.9. The summed E-state index contributed by atoms with van der Waals surface area (Å²) in [5.41, 5.74) is 6.97. The molecule has 2 N–H and O–H groups in total. The fourth-order valence-corrected chi connectivity index (χ4v) is 3.42. The first kappa shape index (κ1) is 15.9. The highest BCUT2D eigenvalue weighted by Gasteiger charge is 2.25. The van der Waals surface area contributed by atoms with Crippen molar-refractivity contribution in [2.24, 2.45) is 5.92 Å². The van der Waals surface area contributed by atoms with Crippen LogP contribution in [0.3, 0.4) is 0 Å². The van der Waals surface area contributed by atoms with Gasteiger partial charge in [0.15, 0.2) is 5.16 Å². The number of para-hydroxylation sites is 2. The number of fused-ring (bicyclic) bond motifs is 1. The van der Waals surface area contributed by atoms with Crippen molar-refractivity contribution in [1.82, 2.24) is 20.4 Å². The van der Waals surface area contributed by atoms with E-state index in [4.69, 9.17) is 0 Å². The average Bonchev–Trinajstić information content (AvgIpc) is 2.86. The highest BCUT2D eigenvalue weighted by molar-refractivity contribution is 7.99. The lowest BCUT2D eigenvalue weighted by Crippen LogP contribution is -2.46. The van der Waals surface area contributed by atoms with Crippen LogP contribution in [0.4, 0.5) is 0 Å². The van der Waals surface area contributed by atoms with Crippen molar-refractivity contribution in [3.05, 3.63) is 24.3 Å². The molecule has 3 rings (SSSR count). The van der Waals surface area contributed by atoms with E-state index in [1.165, 1.54) is 11.8 Å². The zero-order valence-corrected chi connectivity index (χ0v) is 13.9. The molecule has 2 amide bonds. The van der Waals surface area contributed by atoms with Gasteiger partial charge in [0.05, 0.1) is 16.8 Å². The van der Waals surface area contributed by atoms with Crippen LogP contribution in [0.2, 0.25) is 0 Å². The number of aryl methyl sites for hydroxylation is 1. The third-order valence-electron chi connectivity index (χ3n) is 4.07. The molecule has 7 heteroatoms. The molecule has 1 fully saturated rings. The van der Waals surface area contributed by atoms with Crippen LogP contribution in [0.1, 0.15) is 26.2 Å². The highest BCUT2D eigenvalue weighted by atomic mass is 32.2. The van der Waals surface area contributed by atoms with Gasteiger partial charge in [-0.1, -0.05) is 30.3 Å². The molecular formula is C16H20N4O2S. The number of nitrogens with one attached hydrogen (secondary N) is 2. The van der Waals surface area contributed by atoms with E-state index >= 15 is 0 Å². The molecule has 1 aliphatic carbocycles. The minimum atomic E-state index is -0.225. The Labute approximate surface area is 139 Å². The molecule has 0 spiro atoms. The van der Waals surface area contributed by atoms with E-state index in [1.807, 2.05) is 24.3 Å². The summed E-state index contributed by atoms with van der Waals surface area (Å²) in [5, 5.41) is 0.814. The van der Waals surface area contributed by atoms with Gasteiger partial charge in [0, 0.05) is 12.5 Å². The quantitative estimate of drug-likeness (QED) is 0.649. The van der Waals surface area contributed by atoms with Gasteiger partial charge < -0.3 is 4.57 Å². The lowest BCUT2D eigenvalue weighted by molar-refractivity contribution is -0.132. The Kier molecular flexibility index (Phi) is 4.85. The molecule has 0 saturated heterocycles. The number of hydrogen-bond acceptors (Lipinski definition) is 4. The Morgan fingerprint density at radius 2 is 2.09 bits per heavy atom. The van der Waals surface area contributed by atoms with Gasteiger partial charge in [-0.15, -0.1) is 0 Å². The fourth-order valence-electron chi connectivity index (χ4n) is 2.54. The number of imidazole rings is 1. The number of amides is 2. The SMILES string of the molecule is CCn1c(SCC(=O)NNC(=O)C2CCC2)nc2ccccc21. The van der Waals surface area contributed by atoms with Crippen LogP contribution in [-0.2, 0) is 16.1 Å². The van der Waals surface area contributed by atoms with E-state index in [0.29, 0.717) is 0 Å². The lowest BCUT2D eigenvalue weighted by Gasteiger charge is -2.23. The molecule has 1 aromatic heterocycles. The molecule has 6 nitrogen and oxygen atoms in total. The van der Waals surface area contributed by atoms with Crippen molar-refractivity contribution >= 4 is 34.6 Å². The molecule has 1 saturated carbocycles. The molecule has 23 heavy (non-hydrogen) atoms. The normalized spacial score (nSPS) is 14.5. The summed E-state index contributed by atoms with van der Waals surface area (Å²) >= 11 is 1.37. The first-order valence-corrected chi connectivity index (χ1v) is 8.84. The Hall–Kier alpha value is -2.02. The van der Waals surface area contributed by atoms with Gasteiger partial charge in [-0.25, -0.2) is 4.98 Å². The zero-order valence-electron chi connectivity index (χ0n) is 13.0. The van der Waals surface area contributed by atoms with Crippen molar-refractivity contribution in [3.8, 4) is 0 Å². The number of nitrogens with zero attached hydrogens (tertiary/aromatic N) is 2. The zero-order chi connectivity index (χ0) is 16.2. The van der Waals surface area contributed by atoms with Gasteiger partial charge >= 0.3 is 0 Å². The van der Waals surface area contributed by atoms with Crippen LogP contribution in [0.5, 0.6) is 0 Å². The molecule has 0 aliphatic heterocycles. The van der Waals surface area contributed by atoms with Gasteiger partial charge in [-0.3, -0.25) is 20.4 Å². The Morgan fingerprint density at radius 1 is 1.30 bits per heavy atom. The molecule has 122 valence electrons. The van der Waals surface area contributed by atoms with Gasteiger partial charge in [-0.2, -0.15) is 0 Å². The van der Waals surface area contributed by atoms with Gasteiger partial charge in [0.25, 0.3) is 0 Å². The van der Waals surface area contributed by atoms with E-state index < -0.39 is 0 Å². The summed E-state index contributed by atoms with van der Waals surface area (Å²) in [5.74, 6) is -0.0334. The summed E-state index contributed by atoms with van der Waals surface area (Å²) in [6.45, 7) is 2.85. The van der Waals surface area contributed by atoms with Crippen LogP contribution in [0.15, 0.2) is 29.4 Å². The molecule has 1 aliphatic rings. The van der Waals surface area contributed by atoms with Crippen LogP contribution in [-0.4, -0.2) is 27.1 Å². The summed E-state index contributed by atoms with van der Waals surface area (Å²) in [6.07, 6.45) is 2.92. The summed E-state index contributed by atoms with van der Waals surface area (Å²) in [7, 11) is 0. The number of carbonyl (C=O) groups excluding carboxylic acids is 2. The van der Waals surface area contributed by atoms with Crippen molar-refractivity contribution in [2.75, 3.05) is 5.75 Å². The van der Waals surface area contributed by atoms with E-state index in [0.717, 1.165) is 42.0 Å². The number of aromatic nitrogens is 2. The number of benzene rings is 1. The van der Waals surface area contributed by atoms with Crippen LogP contribution < -0.4 is 10.9 Å². The Morgan fingerprint density at radius 3 is 2.78 bits per heavy atom. The van der Waals surface area contributed by atoms with Crippen molar-refractivity contribution in [3.63, 3.8) is 0 Å². The van der Waals surface area contributed by atoms with E-state index in [2.05, 4.69) is 27.3 Å². The van der Waals surface area contributed by atoms with E-state index in [1.54, 1.807) is 0 Å². The van der Waals surface area contributed by atoms with Gasteiger partial charge in [-0.05, 0) is 31.9 Å². The summed E-state index contributed by atoms with van der Waals surface area (Å²) in [6, 6.07) is 7.92. The minimum absolute atomic E-state index is 0.0623. The monoisotopic (exact) mass is 332 g/mol. The summed E-state index contributed by atoms with van der Waals surface area (Å²) < 4.78 is 2.08. The van der Waals surface area contributed by atoms with Gasteiger partial charge in [0.2, 0.25) is 11.8 Å². The minimum Gasteiger partial charge on any atom is -0.319 e. The van der Waals surface area contributed by atoms with Crippen molar-refractivity contribution < 1.29 is 9.59 Å². The standard InChI is InChI=1S/C16H20N4O2S/c1-2-20-13-9-4-3-8-12(13)17-16(20)23-10-14(21)18-19-15(22)11-6-5-7-11/h3-4,8-9,11H,2,5-7,10H2,1H3,(H,18,21)(H,19,22). The van der Waals surface area contributed by atoms with Crippen LogP contribution in [0.25, 0.3) is 11.0 Å². The van der Waals surface area contributed by atoms with E-state index in [-0.39, 0.29) is 23.5 Å². The highest BCUT2D eigenvalue weighted by Crippen LogP contribution is 2.26. The van der Waals surface area contributed by atoms with Gasteiger partial charge in [0.1, 0.15) is 0 Å². The smallest absolute Gasteiger partial charge is 0.248 e. The maximum Gasteiger partial charge on any atom is 0.248 e. The fraction of sp³-hybridized carbons (Fsp3) is 0.438. The molecule has 1 aromatic carbocycles. The topological polar surface area (TPSA) is 76.0 Å². The predicted molar refractivity (Wildman–Crippen MR) is 89.8 cm³/mol. The van der Waals surface area contributed by atoms with Crippen LogP contribution in [0, 0.1) is 5.92 Å². The Balaban J connectivity index is 1.55. The average molecular weight is 332 g/mol. The second-order valence-corrected chi connectivity index (χ2v) is 6.52. The molecular weight excluding hydrogens is 312 g/mol. The second kappa shape index (κ2) is 7.04. The molecule has 0 radical (unpaired) electrons. The molecule has 2 aromatic rings. The lowest BCUT2D eigenvalue weighted by atomic mass is 9.85. The molecule has 0 unspecified atom stereocenters. The largest absolute Gasteiger partial charge is 0.319 e. The number of hydrogen-bond donors (Lipinski definition) is 2.